The highest BCUT2D eigenvalue weighted by Gasteiger charge is 2.23. The van der Waals surface area contributed by atoms with E-state index in [1.54, 1.807) is 0 Å². The van der Waals surface area contributed by atoms with E-state index in [1.165, 1.54) is 21.2 Å². The molecule has 1 fully saturated rings. The number of rotatable bonds is 2. The summed E-state index contributed by atoms with van der Waals surface area (Å²) < 4.78 is 6.46. The fourth-order valence-electron chi connectivity index (χ4n) is 1.51. The molecule has 0 spiro atoms. The van der Waals surface area contributed by atoms with Gasteiger partial charge in [-0.25, -0.2) is 0 Å². The van der Waals surface area contributed by atoms with Crippen molar-refractivity contribution >= 4 is 15.9 Å². The molecule has 0 radical (unpaired) electrons. The summed E-state index contributed by atoms with van der Waals surface area (Å²) in [4.78, 5) is 0. The summed E-state index contributed by atoms with van der Waals surface area (Å²) in [5.41, 5.74) is 4.06. The number of epoxide rings is 1. The van der Waals surface area contributed by atoms with Gasteiger partial charge in [-0.3, -0.25) is 0 Å². The van der Waals surface area contributed by atoms with Gasteiger partial charge in [0.15, 0.2) is 0 Å². The predicted molar refractivity (Wildman–Crippen MR) is 57.1 cm³/mol. The minimum absolute atomic E-state index is 0.480. The Morgan fingerprint density at radius 2 is 2.15 bits per heavy atom. The molecule has 2 heteroatoms. The molecule has 13 heavy (non-hydrogen) atoms. The molecular formula is C11H13BrO. The van der Waals surface area contributed by atoms with Gasteiger partial charge in [-0.05, 0) is 30.5 Å². The van der Waals surface area contributed by atoms with Crippen molar-refractivity contribution in [2.45, 2.75) is 26.4 Å². The van der Waals surface area contributed by atoms with Gasteiger partial charge in [0.2, 0.25) is 0 Å². The first-order chi connectivity index (χ1) is 6.18. The average Bonchev–Trinajstić information content (AvgIpc) is 2.90. The van der Waals surface area contributed by atoms with Crippen LogP contribution in [0.4, 0.5) is 0 Å². The van der Waals surface area contributed by atoms with Crippen LogP contribution in [0.3, 0.4) is 0 Å². The summed E-state index contributed by atoms with van der Waals surface area (Å²) in [6.07, 6.45) is 1.54. The molecule has 1 aliphatic rings. The highest BCUT2D eigenvalue weighted by Crippen LogP contribution is 2.26. The Bertz CT molecular complexity index is 329. The van der Waals surface area contributed by atoms with E-state index in [0.29, 0.717) is 6.10 Å². The third-order valence-corrected chi connectivity index (χ3v) is 3.76. The number of ether oxygens (including phenoxy) is 1. The SMILES string of the molecule is Cc1ccc(CC2CO2)c(C)c1Br. The highest BCUT2D eigenvalue weighted by atomic mass is 79.9. The van der Waals surface area contributed by atoms with Crippen molar-refractivity contribution in [1.82, 2.24) is 0 Å². The van der Waals surface area contributed by atoms with Crippen LogP contribution in [0.5, 0.6) is 0 Å². The summed E-state index contributed by atoms with van der Waals surface area (Å²) >= 11 is 3.60. The number of benzene rings is 1. The minimum atomic E-state index is 0.480. The quantitative estimate of drug-likeness (QED) is 0.725. The minimum Gasteiger partial charge on any atom is -0.373 e. The molecule has 0 saturated carbocycles. The van der Waals surface area contributed by atoms with E-state index in [2.05, 4.69) is 41.9 Å². The highest BCUT2D eigenvalue weighted by molar-refractivity contribution is 9.10. The second-order valence-electron chi connectivity index (χ2n) is 3.64. The van der Waals surface area contributed by atoms with Gasteiger partial charge in [0.25, 0.3) is 0 Å². The number of hydrogen-bond acceptors (Lipinski definition) is 1. The molecule has 1 nitrogen and oxygen atoms in total. The molecule has 0 aromatic heterocycles. The molecule has 0 bridgehead atoms. The van der Waals surface area contributed by atoms with E-state index >= 15 is 0 Å². The molecule has 0 amide bonds. The lowest BCUT2D eigenvalue weighted by Crippen LogP contribution is -1.97. The number of halogens is 1. The van der Waals surface area contributed by atoms with Crippen molar-refractivity contribution in [3.8, 4) is 0 Å². The van der Waals surface area contributed by atoms with E-state index in [9.17, 15) is 0 Å². The van der Waals surface area contributed by atoms with E-state index in [1.807, 2.05) is 0 Å². The molecule has 1 atom stereocenters. The van der Waals surface area contributed by atoms with Crippen LogP contribution in [0.1, 0.15) is 16.7 Å². The zero-order valence-electron chi connectivity index (χ0n) is 7.93. The molecule has 0 N–H and O–H groups in total. The molecule has 70 valence electrons. The van der Waals surface area contributed by atoms with Crippen molar-refractivity contribution in [3.63, 3.8) is 0 Å². The maximum absolute atomic E-state index is 5.22. The first-order valence-corrected chi connectivity index (χ1v) is 5.34. The Balaban J connectivity index is 2.29. The summed E-state index contributed by atoms with van der Waals surface area (Å²) in [5, 5.41) is 0. The van der Waals surface area contributed by atoms with E-state index in [-0.39, 0.29) is 0 Å². The second-order valence-corrected chi connectivity index (χ2v) is 4.43. The molecule has 0 aliphatic carbocycles. The zero-order valence-corrected chi connectivity index (χ0v) is 9.52. The van der Waals surface area contributed by atoms with Crippen LogP contribution in [0.25, 0.3) is 0 Å². The lowest BCUT2D eigenvalue weighted by molar-refractivity contribution is 0.407. The Morgan fingerprint density at radius 1 is 1.46 bits per heavy atom. The predicted octanol–water partition coefficient (Wildman–Crippen LogP) is 3.01. The fraction of sp³-hybridized carbons (Fsp3) is 0.455. The Labute approximate surface area is 87.2 Å². The lowest BCUT2D eigenvalue weighted by Gasteiger charge is -2.08. The van der Waals surface area contributed by atoms with Crippen LogP contribution in [0, 0.1) is 13.8 Å². The van der Waals surface area contributed by atoms with Gasteiger partial charge in [0, 0.05) is 10.9 Å². The van der Waals surface area contributed by atoms with E-state index in [4.69, 9.17) is 4.74 Å². The van der Waals surface area contributed by atoms with Crippen LogP contribution < -0.4 is 0 Å². The third kappa shape index (κ3) is 1.94. The van der Waals surface area contributed by atoms with Crippen LogP contribution >= 0.6 is 15.9 Å². The first kappa shape index (κ1) is 9.22. The Hall–Kier alpha value is -0.340. The first-order valence-electron chi connectivity index (χ1n) is 4.54. The van der Waals surface area contributed by atoms with Gasteiger partial charge in [0.05, 0.1) is 12.7 Å². The van der Waals surface area contributed by atoms with Crippen molar-refractivity contribution in [1.29, 1.82) is 0 Å². The second kappa shape index (κ2) is 3.43. The van der Waals surface area contributed by atoms with Gasteiger partial charge < -0.3 is 4.74 Å². The van der Waals surface area contributed by atoms with Gasteiger partial charge in [0.1, 0.15) is 0 Å². The van der Waals surface area contributed by atoms with Gasteiger partial charge in [-0.15, -0.1) is 0 Å². The molecule has 1 heterocycles. The van der Waals surface area contributed by atoms with Crippen LogP contribution in [0.2, 0.25) is 0 Å². The largest absolute Gasteiger partial charge is 0.373 e. The summed E-state index contributed by atoms with van der Waals surface area (Å²) in [6, 6.07) is 4.37. The summed E-state index contributed by atoms with van der Waals surface area (Å²) in [6.45, 7) is 5.22. The van der Waals surface area contributed by atoms with Crippen LogP contribution in [-0.2, 0) is 11.2 Å². The standard InChI is InChI=1S/C11H13BrO/c1-7-3-4-9(5-10-6-13-10)8(2)11(7)12/h3-4,10H,5-6H2,1-2H3. The van der Waals surface area contributed by atoms with Gasteiger partial charge in [-0.1, -0.05) is 28.1 Å². The van der Waals surface area contributed by atoms with Crippen molar-refractivity contribution < 1.29 is 4.74 Å². The topological polar surface area (TPSA) is 12.5 Å². The zero-order chi connectivity index (χ0) is 9.42. The van der Waals surface area contributed by atoms with Crippen molar-refractivity contribution in [3.05, 3.63) is 33.3 Å². The molecule has 1 unspecified atom stereocenters. The molecule has 1 saturated heterocycles. The molecule has 1 aliphatic heterocycles. The van der Waals surface area contributed by atoms with Gasteiger partial charge >= 0.3 is 0 Å². The van der Waals surface area contributed by atoms with Gasteiger partial charge in [-0.2, -0.15) is 0 Å². The maximum atomic E-state index is 5.22. The molecule has 2 rings (SSSR count). The average molecular weight is 241 g/mol. The normalized spacial score (nSPS) is 20.4. The van der Waals surface area contributed by atoms with Crippen molar-refractivity contribution in [2.24, 2.45) is 0 Å². The van der Waals surface area contributed by atoms with E-state index < -0.39 is 0 Å². The molecule has 1 aromatic rings. The third-order valence-electron chi connectivity index (χ3n) is 2.54. The molecular weight excluding hydrogens is 228 g/mol. The smallest absolute Gasteiger partial charge is 0.0850 e. The lowest BCUT2D eigenvalue weighted by atomic mass is 10.0. The summed E-state index contributed by atoms with van der Waals surface area (Å²) in [7, 11) is 0. The maximum Gasteiger partial charge on any atom is 0.0850 e. The monoisotopic (exact) mass is 240 g/mol. The van der Waals surface area contributed by atoms with Crippen LogP contribution in [0.15, 0.2) is 16.6 Å². The number of aryl methyl sites for hydroxylation is 1. The van der Waals surface area contributed by atoms with Crippen LogP contribution in [-0.4, -0.2) is 12.7 Å². The number of hydrogen-bond donors (Lipinski definition) is 0. The van der Waals surface area contributed by atoms with Crippen molar-refractivity contribution in [2.75, 3.05) is 6.61 Å². The summed E-state index contributed by atoms with van der Waals surface area (Å²) in [5.74, 6) is 0. The Morgan fingerprint density at radius 3 is 2.77 bits per heavy atom. The molecule has 1 aromatic carbocycles. The van der Waals surface area contributed by atoms with E-state index in [0.717, 1.165) is 13.0 Å². The fourth-order valence-corrected chi connectivity index (χ4v) is 1.90. The Kier molecular flexibility index (Phi) is 2.43.